The molecule has 0 aliphatic heterocycles. The van der Waals surface area contributed by atoms with Crippen molar-refractivity contribution in [3.8, 4) is 5.69 Å². The number of hydrogen-bond acceptors (Lipinski definition) is 1. The van der Waals surface area contributed by atoms with Crippen LogP contribution in [0.3, 0.4) is 0 Å². The van der Waals surface area contributed by atoms with Crippen LogP contribution in [-0.4, -0.2) is 9.78 Å². The molecule has 0 bridgehead atoms. The molecule has 0 aliphatic rings. The van der Waals surface area contributed by atoms with Crippen molar-refractivity contribution in [1.29, 1.82) is 0 Å². The molecule has 3 nitrogen and oxygen atoms in total. The lowest BCUT2D eigenvalue weighted by Gasteiger charge is -2.05. The van der Waals surface area contributed by atoms with Gasteiger partial charge in [-0.1, -0.05) is 29.3 Å². The molecule has 0 N–H and O–H groups in total. The largest absolute Gasteiger partial charge is 0.236 e. The number of halogens is 2. The number of hydrogen-bond donors (Lipinski definition) is 0. The molecule has 0 spiro atoms. The monoisotopic (exact) mass is 278 g/mol. The fourth-order valence-electron chi connectivity index (χ4n) is 1.90. The first-order chi connectivity index (χ1) is 8.65. The van der Waals surface area contributed by atoms with E-state index in [1.54, 1.807) is 16.8 Å². The van der Waals surface area contributed by atoms with Gasteiger partial charge in [0.2, 0.25) is 0 Å². The first-order valence-electron chi connectivity index (χ1n) is 5.44. The van der Waals surface area contributed by atoms with E-state index in [1.807, 2.05) is 42.3 Å². The van der Waals surface area contributed by atoms with Crippen molar-refractivity contribution >= 4 is 34.1 Å². The number of aryl methyl sites for hydroxylation is 1. The quantitative estimate of drug-likeness (QED) is 0.627. The molecule has 3 aromatic rings. The Morgan fingerprint density at radius 2 is 1.89 bits per heavy atom. The van der Waals surface area contributed by atoms with Crippen LogP contribution in [0.4, 0.5) is 0 Å². The number of benzene rings is 1. The summed E-state index contributed by atoms with van der Waals surface area (Å²) in [5.41, 5.74) is 1.61. The zero-order valence-electron chi connectivity index (χ0n) is 9.64. The molecular weight excluding hydrogens is 269 g/mol. The molecule has 0 aliphatic carbocycles. The van der Waals surface area contributed by atoms with E-state index in [9.17, 15) is 0 Å². The van der Waals surface area contributed by atoms with Crippen molar-refractivity contribution in [2.75, 3.05) is 0 Å². The zero-order chi connectivity index (χ0) is 12.7. The summed E-state index contributed by atoms with van der Waals surface area (Å²) in [5.74, 6) is 0. The molecular formula is C13H10Cl2N3+. The summed E-state index contributed by atoms with van der Waals surface area (Å²) in [6.07, 6.45) is 5.87. The third kappa shape index (κ3) is 1.85. The van der Waals surface area contributed by atoms with Crippen LogP contribution < -0.4 is 4.57 Å². The van der Waals surface area contributed by atoms with Crippen molar-refractivity contribution < 1.29 is 4.57 Å². The normalized spacial score (nSPS) is 11.1. The van der Waals surface area contributed by atoms with Crippen LogP contribution in [-0.2, 0) is 7.05 Å². The average Bonchev–Trinajstić information content (AvgIpc) is 2.71. The molecule has 1 aromatic carbocycles. The molecule has 0 amide bonds. The Labute approximate surface area is 114 Å². The van der Waals surface area contributed by atoms with Crippen LogP contribution in [0.25, 0.3) is 16.6 Å². The molecule has 0 unspecified atom stereocenters. The second-order valence-corrected chi connectivity index (χ2v) is 4.91. The minimum absolute atomic E-state index is 0.583. The van der Waals surface area contributed by atoms with Crippen LogP contribution >= 0.6 is 23.2 Å². The van der Waals surface area contributed by atoms with Crippen LogP contribution in [0.15, 0.2) is 42.9 Å². The molecule has 0 saturated heterocycles. The van der Waals surface area contributed by atoms with E-state index >= 15 is 0 Å². The Hall–Kier alpha value is -1.58. The number of aromatic nitrogens is 3. The minimum atomic E-state index is 0.583. The van der Waals surface area contributed by atoms with Gasteiger partial charge in [0.25, 0.3) is 0 Å². The molecule has 2 aromatic heterocycles. The third-order valence-electron chi connectivity index (χ3n) is 2.75. The van der Waals surface area contributed by atoms with Gasteiger partial charge in [0, 0.05) is 12.3 Å². The Morgan fingerprint density at radius 3 is 2.61 bits per heavy atom. The number of nitrogens with zero attached hydrogens (tertiary/aromatic N) is 3. The Morgan fingerprint density at radius 1 is 1.17 bits per heavy atom. The number of pyridine rings is 1. The highest BCUT2D eigenvalue weighted by Crippen LogP contribution is 2.28. The van der Waals surface area contributed by atoms with Crippen molar-refractivity contribution in [2.45, 2.75) is 0 Å². The number of para-hydroxylation sites is 1. The van der Waals surface area contributed by atoms with Crippen LogP contribution in [0.1, 0.15) is 0 Å². The highest BCUT2D eigenvalue weighted by molar-refractivity contribution is 6.37. The highest BCUT2D eigenvalue weighted by atomic mass is 35.5. The summed E-state index contributed by atoms with van der Waals surface area (Å²) in [6, 6.07) is 7.37. The summed E-state index contributed by atoms with van der Waals surface area (Å²) < 4.78 is 3.69. The Bertz CT molecular complexity index is 714. The zero-order valence-corrected chi connectivity index (χ0v) is 11.2. The van der Waals surface area contributed by atoms with Gasteiger partial charge in [0.1, 0.15) is 18.3 Å². The molecule has 90 valence electrons. The van der Waals surface area contributed by atoms with Gasteiger partial charge in [-0.3, -0.25) is 0 Å². The van der Waals surface area contributed by atoms with Gasteiger partial charge in [-0.05, 0) is 12.1 Å². The molecule has 18 heavy (non-hydrogen) atoms. The van der Waals surface area contributed by atoms with Crippen LogP contribution in [0.2, 0.25) is 10.0 Å². The molecule has 0 radical (unpaired) electrons. The maximum atomic E-state index is 6.17. The highest BCUT2D eigenvalue weighted by Gasteiger charge is 2.11. The van der Waals surface area contributed by atoms with Crippen molar-refractivity contribution in [3.63, 3.8) is 0 Å². The van der Waals surface area contributed by atoms with Gasteiger partial charge in [0.15, 0.2) is 12.4 Å². The minimum Gasteiger partial charge on any atom is -0.236 e. The Balaban J connectivity index is 2.26. The van der Waals surface area contributed by atoms with Crippen LogP contribution in [0.5, 0.6) is 0 Å². The van der Waals surface area contributed by atoms with E-state index in [0.29, 0.717) is 15.7 Å². The third-order valence-corrected chi connectivity index (χ3v) is 3.36. The first-order valence-corrected chi connectivity index (χ1v) is 6.20. The van der Waals surface area contributed by atoms with Crippen molar-refractivity contribution in [1.82, 2.24) is 9.78 Å². The van der Waals surface area contributed by atoms with Gasteiger partial charge in [-0.15, -0.1) is 0 Å². The summed E-state index contributed by atoms with van der Waals surface area (Å²) in [5, 5.41) is 6.68. The predicted octanol–water partition coefficient (Wildman–Crippen LogP) is 3.16. The maximum absolute atomic E-state index is 6.17. The number of rotatable bonds is 1. The van der Waals surface area contributed by atoms with E-state index in [-0.39, 0.29) is 0 Å². The van der Waals surface area contributed by atoms with Crippen molar-refractivity contribution in [2.24, 2.45) is 7.05 Å². The molecule has 0 saturated carbocycles. The standard InChI is InChI=1S/C13H10Cl2N3/c1-17-6-5-12-9(7-17)8-18(16-12)13-10(14)3-2-4-11(13)15/h2-8H,1H3/q+1. The summed E-state index contributed by atoms with van der Waals surface area (Å²) in [4.78, 5) is 0. The lowest BCUT2D eigenvalue weighted by molar-refractivity contribution is -0.670. The molecule has 0 fully saturated rings. The maximum Gasteiger partial charge on any atom is 0.179 e. The smallest absolute Gasteiger partial charge is 0.179 e. The summed E-state index contributed by atoms with van der Waals surface area (Å²) >= 11 is 12.3. The van der Waals surface area contributed by atoms with E-state index in [0.717, 1.165) is 10.9 Å². The summed E-state index contributed by atoms with van der Waals surface area (Å²) in [7, 11) is 1.97. The lowest BCUT2D eigenvalue weighted by atomic mass is 10.3. The fourth-order valence-corrected chi connectivity index (χ4v) is 2.47. The predicted molar refractivity (Wildman–Crippen MR) is 72.3 cm³/mol. The topological polar surface area (TPSA) is 21.7 Å². The van der Waals surface area contributed by atoms with Crippen molar-refractivity contribution in [3.05, 3.63) is 52.9 Å². The van der Waals surface area contributed by atoms with Gasteiger partial charge in [-0.2, -0.15) is 5.10 Å². The van der Waals surface area contributed by atoms with Gasteiger partial charge in [0.05, 0.1) is 15.4 Å². The molecule has 3 rings (SSSR count). The second kappa shape index (κ2) is 4.26. The Kier molecular flexibility index (Phi) is 2.73. The van der Waals surface area contributed by atoms with Gasteiger partial charge in [-0.25, -0.2) is 9.25 Å². The molecule has 5 heteroatoms. The van der Waals surface area contributed by atoms with Crippen LogP contribution in [0, 0.1) is 0 Å². The van der Waals surface area contributed by atoms with E-state index in [4.69, 9.17) is 23.2 Å². The molecule has 2 heterocycles. The molecule has 0 atom stereocenters. The van der Waals surface area contributed by atoms with E-state index < -0.39 is 0 Å². The van der Waals surface area contributed by atoms with E-state index in [2.05, 4.69) is 5.10 Å². The number of fused-ring (bicyclic) bond motifs is 1. The summed E-state index contributed by atoms with van der Waals surface area (Å²) in [6.45, 7) is 0. The SMILES string of the molecule is C[n+]1ccc2nn(-c3c(Cl)cccc3Cl)cc2c1. The lowest BCUT2D eigenvalue weighted by Crippen LogP contribution is -2.25. The second-order valence-electron chi connectivity index (χ2n) is 4.09. The first kappa shape index (κ1) is 11.5. The van der Waals surface area contributed by atoms with Gasteiger partial charge < -0.3 is 0 Å². The van der Waals surface area contributed by atoms with E-state index in [1.165, 1.54) is 0 Å². The van der Waals surface area contributed by atoms with Gasteiger partial charge >= 0.3 is 0 Å². The fraction of sp³-hybridized carbons (Fsp3) is 0.0769. The average molecular weight is 279 g/mol.